The van der Waals surface area contributed by atoms with E-state index in [1.807, 2.05) is 0 Å². The van der Waals surface area contributed by atoms with Crippen molar-refractivity contribution < 1.29 is 22.4 Å². The normalized spacial score (nSPS) is 16.7. The lowest BCUT2D eigenvalue weighted by Gasteiger charge is -2.09. The third-order valence-electron chi connectivity index (χ3n) is 3.55. The van der Waals surface area contributed by atoms with E-state index >= 15 is 0 Å². The van der Waals surface area contributed by atoms with E-state index in [-0.39, 0.29) is 33.1 Å². The summed E-state index contributed by atoms with van der Waals surface area (Å²) in [7, 11) is 1.53. The van der Waals surface area contributed by atoms with Crippen LogP contribution in [0.1, 0.15) is 11.3 Å². The van der Waals surface area contributed by atoms with Gasteiger partial charge < -0.3 is 9.73 Å². The van der Waals surface area contributed by atoms with Gasteiger partial charge in [-0.1, -0.05) is 11.6 Å². The fraction of sp³-hybridized carbons (Fsp3) is 0.125. The van der Waals surface area contributed by atoms with Crippen LogP contribution in [0.3, 0.4) is 0 Å². The molecule has 2 aromatic rings. The third-order valence-corrected chi connectivity index (χ3v) is 4.26. The zero-order chi connectivity index (χ0) is 18.4. The van der Waals surface area contributed by atoms with Gasteiger partial charge in [0.2, 0.25) is 0 Å². The van der Waals surface area contributed by atoms with Gasteiger partial charge in [-0.15, -0.1) is 0 Å². The molecule has 0 unspecified atom stereocenters. The molecule has 0 bridgehead atoms. The average molecular weight is 387 g/mol. The van der Waals surface area contributed by atoms with Gasteiger partial charge in [0, 0.05) is 18.7 Å². The fourth-order valence-corrected chi connectivity index (χ4v) is 2.66. The molecular weight excluding hydrogens is 377 g/mol. The van der Waals surface area contributed by atoms with Crippen molar-refractivity contribution in [3.05, 3.63) is 52.4 Å². The maximum absolute atomic E-state index is 12.9. The molecule has 1 aliphatic heterocycles. The van der Waals surface area contributed by atoms with Crippen molar-refractivity contribution in [2.45, 2.75) is 6.18 Å². The Kier molecular flexibility index (Phi) is 4.34. The minimum Gasteiger partial charge on any atom is -0.457 e. The van der Waals surface area contributed by atoms with Gasteiger partial charge in [-0.25, -0.2) is 0 Å². The molecule has 1 saturated heterocycles. The second kappa shape index (κ2) is 6.20. The third kappa shape index (κ3) is 3.40. The largest absolute Gasteiger partial charge is 0.457 e. The van der Waals surface area contributed by atoms with Gasteiger partial charge in [0.15, 0.2) is 5.11 Å². The van der Waals surface area contributed by atoms with Crippen LogP contribution in [0.5, 0.6) is 0 Å². The number of rotatable bonds is 2. The molecule has 3 rings (SSSR count). The molecule has 0 spiro atoms. The summed E-state index contributed by atoms with van der Waals surface area (Å²) in [6, 6.07) is 6.56. The van der Waals surface area contributed by atoms with Gasteiger partial charge in [0.25, 0.3) is 5.91 Å². The van der Waals surface area contributed by atoms with E-state index in [0.717, 1.165) is 12.1 Å². The quantitative estimate of drug-likeness (QED) is 0.617. The molecule has 1 aromatic carbocycles. The number of nitrogens with one attached hydrogen (secondary N) is 1. The molecule has 1 aromatic heterocycles. The van der Waals surface area contributed by atoms with Crippen LogP contribution < -0.4 is 5.32 Å². The standard InChI is InChI=1S/C16H10ClF3N2O2S/c1-22-14(23)12(21-15(22)25)7-9-3-5-13(24-9)8-2-4-11(17)10(6-8)16(18,19)20/h2-7H,1H3,(H,21,25)/b12-7-. The molecule has 130 valence electrons. The molecule has 0 aliphatic carbocycles. The number of thiocarbonyl (C=S) groups is 1. The Balaban J connectivity index is 1.93. The number of likely N-dealkylation sites (N-methyl/N-ethyl adjacent to an activating group) is 1. The molecule has 4 nitrogen and oxygen atoms in total. The van der Waals surface area contributed by atoms with Crippen LogP contribution in [0.2, 0.25) is 5.02 Å². The van der Waals surface area contributed by atoms with Crippen molar-refractivity contribution >= 4 is 40.9 Å². The predicted molar refractivity (Wildman–Crippen MR) is 90.6 cm³/mol. The summed E-state index contributed by atoms with van der Waals surface area (Å²) >= 11 is 10.6. The zero-order valence-electron chi connectivity index (χ0n) is 12.6. The van der Waals surface area contributed by atoms with Crippen LogP contribution in [-0.2, 0) is 11.0 Å². The molecule has 0 saturated carbocycles. The maximum atomic E-state index is 12.9. The molecule has 0 radical (unpaired) electrons. The van der Waals surface area contributed by atoms with Crippen molar-refractivity contribution in [1.29, 1.82) is 0 Å². The number of furan rings is 1. The second-order valence-electron chi connectivity index (χ2n) is 5.25. The zero-order valence-corrected chi connectivity index (χ0v) is 14.2. The molecular formula is C16H10ClF3N2O2S. The Bertz CT molecular complexity index is 905. The van der Waals surface area contributed by atoms with E-state index in [0.29, 0.717) is 5.76 Å². The summed E-state index contributed by atoms with van der Waals surface area (Å²) in [5, 5.41) is 2.60. The first-order valence-corrected chi connectivity index (χ1v) is 7.73. The second-order valence-corrected chi connectivity index (χ2v) is 6.04. The van der Waals surface area contributed by atoms with Gasteiger partial charge in [-0.3, -0.25) is 9.69 Å². The lowest BCUT2D eigenvalue weighted by molar-refractivity contribution is -0.137. The molecule has 1 fully saturated rings. The molecule has 2 heterocycles. The van der Waals surface area contributed by atoms with Crippen LogP contribution in [0.25, 0.3) is 17.4 Å². The fourth-order valence-electron chi connectivity index (χ4n) is 2.25. The topological polar surface area (TPSA) is 45.5 Å². The Morgan fingerprint density at radius 2 is 2.00 bits per heavy atom. The monoisotopic (exact) mass is 386 g/mol. The van der Waals surface area contributed by atoms with Crippen molar-refractivity contribution in [2.24, 2.45) is 0 Å². The lowest BCUT2D eigenvalue weighted by Crippen LogP contribution is -2.25. The van der Waals surface area contributed by atoms with Crippen molar-refractivity contribution in [3.63, 3.8) is 0 Å². The van der Waals surface area contributed by atoms with E-state index < -0.39 is 11.7 Å². The minimum absolute atomic E-state index is 0.218. The number of carbonyl (C=O) groups is 1. The highest BCUT2D eigenvalue weighted by atomic mass is 35.5. The van der Waals surface area contributed by atoms with Gasteiger partial charge in [0.1, 0.15) is 17.2 Å². The first-order chi connectivity index (χ1) is 11.7. The van der Waals surface area contributed by atoms with Gasteiger partial charge in [-0.05, 0) is 42.5 Å². The molecule has 1 amide bonds. The maximum Gasteiger partial charge on any atom is 0.417 e. The van der Waals surface area contributed by atoms with Crippen LogP contribution in [0, 0.1) is 0 Å². The minimum atomic E-state index is -4.56. The number of hydrogen-bond donors (Lipinski definition) is 1. The lowest BCUT2D eigenvalue weighted by atomic mass is 10.1. The predicted octanol–water partition coefficient (Wildman–Crippen LogP) is 4.31. The SMILES string of the molecule is CN1C(=O)/C(=C/c2ccc(-c3ccc(Cl)c(C(F)(F)F)c3)o2)NC1=S. The number of alkyl halides is 3. The number of carbonyl (C=O) groups excluding carboxylic acids is 1. The van der Waals surface area contributed by atoms with E-state index in [1.54, 1.807) is 6.07 Å². The average Bonchev–Trinajstić information content (AvgIpc) is 3.08. The smallest absolute Gasteiger partial charge is 0.417 e. The summed E-state index contributed by atoms with van der Waals surface area (Å²) < 4.78 is 44.4. The highest BCUT2D eigenvalue weighted by Crippen LogP contribution is 2.37. The Morgan fingerprint density at radius 3 is 2.60 bits per heavy atom. The summed E-state index contributed by atoms with van der Waals surface area (Å²) in [6.07, 6.45) is -3.13. The van der Waals surface area contributed by atoms with Gasteiger partial charge in [-0.2, -0.15) is 13.2 Å². The van der Waals surface area contributed by atoms with E-state index in [9.17, 15) is 18.0 Å². The molecule has 9 heteroatoms. The number of amides is 1. The van der Waals surface area contributed by atoms with Gasteiger partial charge in [0.05, 0.1) is 10.6 Å². The molecule has 0 atom stereocenters. The van der Waals surface area contributed by atoms with E-state index in [4.69, 9.17) is 28.2 Å². The Morgan fingerprint density at radius 1 is 1.28 bits per heavy atom. The first kappa shape index (κ1) is 17.5. The van der Waals surface area contributed by atoms with Crippen LogP contribution in [0.15, 0.2) is 40.4 Å². The number of hydrogen-bond acceptors (Lipinski definition) is 3. The van der Waals surface area contributed by atoms with E-state index in [1.165, 1.54) is 30.2 Å². The number of halogens is 4. The summed E-state index contributed by atoms with van der Waals surface area (Å²) in [6.45, 7) is 0. The molecule has 1 N–H and O–H groups in total. The van der Waals surface area contributed by atoms with Crippen LogP contribution >= 0.6 is 23.8 Å². The summed E-state index contributed by atoms with van der Waals surface area (Å²) in [4.78, 5) is 13.2. The van der Waals surface area contributed by atoms with E-state index in [2.05, 4.69) is 5.32 Å². The number of nitrogens with zero attached hydrogens (tertiary/aromatic N) is 1. The highest BCUT2D eigenvalue weighted by molar-refractivity contribution is 7.80. The summed E-state index contributed by atoms with van der Waals surface area (Å²) in [5.41, 5.74) is -0.497. The van der Waals surface area contributed by atoms with Crippen LogP contribution in [-0.4, -0.2) is 23.0 Å². The number of benzene rings is 1. The summed E-state index contributed by atoms with van der Waals surface area (Å²) in [5.74, 6) is 0.191. The highest BCUT2D eigenvalue weighted by Gasteiger charge is 2.33. The molecule has 1 aliphatic rings. The first-order valence-electron chi connectivity index (χ1n) is 6.94. The molecule has 25 heavy (non-hydrogen) atoms. The van der Waals surface area contributed by atoms with Crippen molar-refractivity contribution in [2.75, 3.05) is 7.05 Å². The van der Waals surface area contributed by atoms with Crippen molar-refractivity contribution in [1.82, 2.24) is 10.2 Å². The van der Waals surface area contributed by atoms with Crippen molar-refractivity contribution in [3.8, 4) is 11.3 Å². The van der Waals surface area contributed by atoms with Gasteiger partial charge >= 0.3 is 6.18 Å². The Labute approximate surface area is 150 Å². The Hall–Kier alpha value is -2.32. The van der Waals surface area contributed by atoms with Crippen LogP contribution in [0.4, 0.5) is 13.2 Å².